The number of methoxy groups -OCH3 is 1. The third-order valence-corrected chi connectivity index (χ3v) is 7.64. The molecule has 0 aliphatic carbocycles. The topological polar surface area (TPSA) is 88.5 Å². The number of allylic oxidation sites excluding steroid dienone is 1. The Morgan fingerprint density at radius 2 is 1.91 bits per heavy atom. The van der Waals surface area contributed by atoms with Gasteiger partial charge in [-0.2, -0.15) is 0 Å². The summed E-state index contributed by atoms with van der Waals surface area (Å²) in [5, 5.41) is 3.10. The van der Waals surface area contributed by atoms with Gasteiger partial charge in [-0.05, 0) is 43.7 Å². The number of rotatable bonds is 6. The zero-order valence-corrected chi connectivity index (χ0v) is 21.5. The number of halogens is 1. The number of amidine groups is 1. The second-order valence-electron chi connectivity index (χ2n) is 8.49. The third-order valence-electron chi connectivity index (χ3n) is 6.41. The summed E-state index contributed by atoms with van der Waals surface area (Å²) < 4.78 is 10.2. The first-order chi connectivity index (χ1) is 16.8. The Balaban J connectivity index is 1.56. The molecule has 0 saturated carbocycles. The number of carbonyl (C=O) groups excluding carboxylic acids is 3. The van der Waals surface area contributed by atoms with E-state index in [1.165, 1.54) is 18.9 Å². The summed E-state index contributed by atoms with van der Waals surface area (Å²) >= 11 is 7.98. The molecule has 8 nitrogen and oxygen atoms in total. The van der Waals surface area contributed by atoms with E-state index in [9.17, 15) is 14.4 Å². The van der Waals surface area contributed by atoms with Gasteiger partial charge in [-0.1, -0.05) is 41.6 Å². The number of piperidine rings is 1. The minimum absolute atomic E-state index is 0.0378. The summed E-state index contributed by atoms with van der Waals surface area (Å²) in [6.07, 6.45) is 1.32. The van der Waals surface area contributed by atoms with Crippen molar-refractivity contribution >= 4 is 46.4 Å². The number of esters is 2. The number of hydrogen-bond acceptors (Lipinski definition) is 8. The number of carbonyl (C=O) groups is 3. The molecule has 0 N–H and O–H groups in total. The fourth-order valence-electron chi connectivity index (χ4n) is 4.62. The van der Waals surface area contributed by atoms with Crippen LogP contribution < -0.4 is 0 Å². The molecule has 1 fully saturated rings. The lowest BCUT2D eigenvalue weighted by molar-refractivity contribution is -0.151. The van der Waals surface area contributed by atoms with E-state index in [1.54, 1.807) is 24.8 Å². The van der Waals surface area contributed by atoms with Crippen molar-refractivity contribution in [3.8, 4) is 0 Å². The van der Waals surface area contributed by atoms with Gasteiger partial charge < -0.3 is 19.3 Å². The highest BCUT2D eigenvalue weighted by atomic mass is 35.5. The van der Waals surface area contributed by atoms with E-state index in [-0.39, 0.29) is 24.2 Å². The molecule has 35 heavy (non-hydrogen) atoms. The summed E-state index contributed by atoms with van der Waals surface area (Å²) in [4.78, 5) is 46.4. The Morgan fingerprint density at radius 1 is 1.20 bits per heavy atom. The second kappa shape index (κ2) is 10.9. The SMILES string of the molecule is CCOC(=O)C1CCN(C(=O)CC2=CSC3=NC(C)=C(C(=O)OC)C(c4ccccc4Cl)N23)CC1. The first kappa shape index (κ1) is 25.3. The fraction of sp³-hybridized carbons (Fsp3) is 0.440. The Morgan fingerprint density at radius 3 is 2.57 bits per heavy atom. The number of likely N-dealkylation sites (tertiary alicyclic amines) is 1. The van der Waals surface area contributed by atoms with Gasteiger partial charge in [0, 0.05) is 23.8 Å². The molecule has 1 amide bonds. The number of ether oxygens (including phenoxy) is 2. The molecule has 1 saturated heterocycles. The van der Waals surface area contributed by atoms with Gasteiger partial charge in [-0.15, -0.1) is 0 Å². The Kier molecular flexibility index (Phi) is 7.86. The summed E-state index contributed by atoms with van der Waals surface area (Å²) in [5.74, 6) is -0.881. The lowest BCUT2D eigenvalue weighted by Gasteiger charge is -2.37. The van der Waals surface area contributed by atoms with Crippen LogP contribution in [0.3, 0.4) is 0 Å². The van der Waals surface area contributed by atoms with Crippen LogP contribution in [0.4, 0.5) is 0 Å². The van der Waals surface area contributed by atoms with Gasteiger partial charge in [-0.25, -0.2) is 9.79 Å². The molecular weight excluding hydrogens is 490 g/mol. The van der Waals surface area contributed by atoms with Gasteiger partial charge in [-0.3, -0.25) is 9.59 Å². The predicted octanol–water partition coefficient (Wildman–Crippen LogP) is 4.28. The zero-order chi connectivity index (χ0) is 25.1. The molecule has 0 bridgehead atoms. The van der Waals surface area contributed by atoms with E-state index in [2.05, 4.69) is 4.99 Å². The molecular formula is C25H28ClN3O5S. The summed E-state index contributed by atoms with van der Waals surface area (Å²) in [6, 6.07) is 6.78. The van der Waals surface area contributed by atoms with Gasteiger partial charge in [0.25, 0.3) is 0 Å². The minimum Gasteiger partial charge on any atom is -0.466 e. The predicted molar refractivity (Wildman–Crippen MR) is 134 cm³/mol. The average molecular weight is 518 g/mol. The Labute approximate surface area is 214 Å². The molecule has 1 aromatic rings. The van der Waals surface area contributed by atoms with Crippen LogP contribution in [0.2, 0.25) is 5.02 Å². The van der Waals surface area contributed by atoms with Crippen LogP contribution >= 0.6 is 23.4 Å². The van der Waals surface area contributed by atoms with Crippen LogP contribution in [0, 0.1) is 5.92 Å². The van der Waals surface area contributed by atoms with Crippen LogP contribution in [-0.4, -0.2) is 59.6 Å². The van der Waals surface area contributed by atoms with E-state index in [4.69, 9.17) is 21.1 Å². The van der Waals surface area contributed by atoms with Gasteiger partial charge in [0.2, 0.25) is 5.91 Å². The standard InChI is InChI=1S/C25H28ClN3O5S/c1-4-34-23(31)16-9-11-28(12-10-16)20(30)13-17-14-35-25-27-15(2)21(24(32)33-3)22(29(17)25)18-7-5-6-8-19(18)26/h5-8,14,16,22H,4,9-13H2,1-3H3. The molecule has 1 unspecified atom stereocenters. The van der Waals surface area contributed by atoms with Crippen molar-refractivity contribution in [1.82, 2.24) is 9.80 Å². The average Bonchev–Trinajstić information content (AvgIpc) is 3.25. The molecule has 0 aromatic heterocycles. The van der Waals surface area contributed by atoms with E-state index >= 15 is 0 Å². The van der Waals surface area contributed by atoms with Gasteiger partial charge >= 0.3 is 11.9 Å². The number of aliphatic imine (C=N–C) groups is 1. The number of fused-ring (bicyclic) bond motifs is 1. The van der Waals surface area contributed by atoms with Crippen molar-refractivity contribution < 1.29 is 23.9 Å². The Bertz CT molecular complexity index is 1120. The quantitative estimate of drug-likeness (QED) is 0.520. The maximum atomic E-state index is 13.2. The maximum absolute atomic E-state index is 13.2. The van der Waals surface area contributed by atoms with Gasteiger partial charge in [0.1, 0.15) is 0 Å². The molecule has 0 radical (unpaired) electrons. The van der Waals surface area contributed by atoms with Gasteiger partial charge in [0.05, 0.1) is 43.4 Å². The van der Waals surface area contributed by atoms with Crippen molar-refractivity contribution in [3.63, 3.8) is 0 Å². The Hall–Kier alpha value is -2.78. The normalized spacial score (nSPS) is 20.3. The lowest BCUT2D eigenvalue weighted by atomic mass is 9.93. The van der Waals surface area contributed by atoms with E-state index < -0.39 is 12.0 Å². The van der Waals surface area contributed by atoms with Gasteiger partial charge in [0.15, 0.2) is 5.17 Å². The van der Waals surface area contributed by atoms with E-state index in [0.29, 0.717) is 54.0 Å². The van der Waals surface area contributed by atoms with E-state index in [1.807, 2.05) is 28.5 Å². The monoisotopic (exact) mass is 517 g/mol. The molecule has 1 aromatic carbocycles. The van der Waals surface area contributed by atoms with Crippen LogP contribution in [0.5, 0.6) is 0 Å². The lowest BCUT2D eigenvalue weighted by Crippen LogP contribution is -2.42. The second-order valence-corrected chi connectivity index (χ2v) is 9.73. The molecule has 3 aliphatic rings. The van der Waals surface area contributed by atoms with Crippen molar-refractivity contribution in [2.75, 3.05) is 26.8 Å². The zero-order valence-electron chi connectivity index (χ0n) is 20.0. The first-order valence-electron chi connectivity index (χ1n) is 11.6. The highest BCUT2D eigenvalue weighted by Crippen LogP contribution is 2.46. The first-order valence-corrected chi connectivity index (χ1v) is 12.8. The van der Waals surface area contributed by atoms with Crippen LogP contribution in [0.15, 0.2) is 51.6 Å². The van der Waals surface area contributed by atoms with Crippen LogP contribution in [-0.2, 0) is 23.9 Å². The summed E-state index contributed by atoms with van der Waals surface area (Å²) in [7, 11) is 1.34. The molecule has 1 atom stereocenters. The molecule has 3 aliphatic heterocycles. The molecule has 4 rings (SSSR count). The van der Waals surface area contributed by atoms with Crippen LogP contribution in [0.25, 0.3) is 0 Å². The molecule has 3 heterocycles. The maximum Gasteiger partial charge on any atom is 0.338 e. The fourth-order valence-corrected chi connectivity index (χ4v) is 5.83. The minimum atomic E-state index is -0.563. The van der Waals surface area contributed by atoms with E-state index in [0.717, 1.165) is 11.3 Å². The van der Waals surface area contributed by atoms with Crippen molar-refractivity contribution in [2.24, 2.45) is 10.9 Å². The number of amides is 1. The smallest absolute Gasteiger partial charge is 0.338 e. The molecule has 0 spiro atoms. The largest absolute Gasteiger partial charge is 0.466 e. The third kappa shape index (κ3) is 5.11. The van der Waals surface area contributed by atoms with Crippen molar-refractivity contribution in [3.05, 3.63) is 57.2 Å². The van der Waals surface area contributed by atoms with Crippen molar-refractivity contribution in [2.45, 2.75) is 39.2 Å². The highest BCUT2D eigenvalue weighted by Gasteiger charge is 2.42. The molecule has 186 valence electrons. The highest BCUT2D eigenvalue weighted by molar-refractivity contribution is 8.16. The number of hydrogen-bond donors (Lipinski definition) is 0. The van der Waals surface area contributed by atoms with Crippen LogP contribution in [0.1, 0.15) is 44.7 Å². The number of benzene rings is 1. The number of thioether (sulfide) groups is 1. The molecule has 10 heteroatoms. The summed E-state index contributed by atoms with van der Waals surface area (Å²) in [6.45, 7) is 4.93. The number of nitrogens with zero attached hydrogens (tertiary/aromatic N) is 3. The summed E-state index contributed by atoms with van der Waals surface area (Å²) in [5.41, 5.74) is 2.42. The van der Waals surface area contributed by atoms with Crippen molar-refractivity contribution in [1.29, 1.82) is 0 Å².